The average molecular weight is 297 g/mol. The first-order valence-electron chi connectivity index (χ1n) is 7.64. The highest BCUT2D eigenvalue weighted by Gasteiger charge is 2.17. The van der Waals surface area contributed by atoms with Crippen molar-refractivity contribution >= 4 is 18.2 Å². The Labute approximate surface area is 135 Å². The fraction of sp³-hybridized carbons (Fsp3) is 0.0476. The summed E-state index contributed by atoms with van der Waals surface area (Å²) in [4.78, 5) is 15.2. The molecular formula is C21H15NO. The fourth-order valence-corrected chi connectivity index (χ4v) is 3.02. The number of aliphatic imine (C=N–C) groups is 1. The van der Waals surface area contributed by atoms with Crippen LogP contribution >= 0.6 is 0 Å². The van der Waals surface area contributed by atoms with Gasteiger partial charge in [-0.3, -0.25) is 9.79 Å². The highest BCUT2D eigenvalue weighted by atomic mass is 16.1. The summed E-state index contributed by atoms with van der Waals surface area (Å²) in [5.41, 5.74) is 7.98. The minimum absolute atomic E-state index is 0.678. The van der Waals surface area contributed by atoms with Crippen LogP contribution < -0.4 is 0 Å². The van der Waals surface area contributed by atoms with E-state index in [0.717, 1.165) is 24.0 Å². The lowest BCUT2D eigenvalue weighted by molar-refractivity contribution is 0.112. The van der Waals surface area contributed by atoms with Crippen LogP contribution in [0.5, 0.6) is 0 Å². The number of fused-ring (bicyclic) bond motifs is 3. The second kappa shape index (κ2) is 5.65. The Morgan fingerprint density at radius 1 is 0.783 bits per heavy atom. The molecule has 0 spiro atoms. The molecule has 0 saturated heterocycles. The van der Waals surface area contributed by atoms with Crippen molar-refractivity contribution in [1.82, 2.24) is 0 Å². The van der Waals surface area contributed by atoms with Gasteiger partial charge in [-0.15, -0.1) is 0 Å². The first-order chi connectivity index (χ1) is 11.3. The average Bonchev–Trinajstić information content (AvgIpc) is 2.98. The van der Waals surface area contributed by atoms with Gasteiger partial charge < -0.3 is 0 Å². The molecule has 3 aromatic rings. The van der Waals surface area contributed by atoms with Crippen molar-refractivity contribution in [3.05, 3.63) is 89.0 Å². The number of aldehydes is 1. The molecule has 0 fully saturated rings. The van der Waals surface area contributed by atoms with Crippen LogP contribution in [0, 0.1) is 0 Å². The van der Waals surface area contributed by atoms with E-state index in [1.807, 2.05) is 18.3 Å². The highest BCUT2D eigenvalue weighted by Crippen LogP contribution is 2.37. The van der Waals surface area contributed by atoms with E-state index < -0.39 is 0 Å². The van der Waals surface area contributed by atoms with Gasteiger partial charge in [0.05, 0.1) is 5.69 Å². The number of carbonyl (C=O) groups excluding carboxylic acids is 1. The molecule has 2 heteroatoms. The van der Waals surface area contributed by atoms with Crippen LogP contribution in [0.15, 0.2) is 71.7 Å². The molecule has 2 nitrogen and oxygen atoms in total. The van der Waals surface area contributed by atoms with Gasteiger partial charge in [-0.25, -0.2) is 0 Å². The molecule has 0 bridgehead atoms. The molecule has 1 aliphatic rings. The quantitative estimate of drug-likeness (QED) is 0.394. The van der Waals surface area contributed by atoms with E-state index >= 15 is 0 Å². The smallest absolute Gasteiger partial charge is 0.150 e. The molecule has 0 N–H and O–H groups in total. The largest absolute Gasteiger partial charge is 0.298 e. The topological polar surface area (TPSA) is 29.4 Å². The van der Waals surface area contributed by atoms with E-state index in [0.29, 0.717) is 5.56 Å². The zero-order valence-corrected chi connectivity index (χ0v) is 12.6. The van der Waals surface area contributed by atoms with Gasteiger partial charge >= 0.3 is 0 Å². The van der Waals surface area contributed by atoms with Crippen molar-refractivity contribution in [2.75, 3.05) is 0 Å². The van der Waals surface area contributed by atoms with Crippen molar-refractivity contribution in [2.24, 2.45) is 4.99 Å². The van der Waals surface area contributed by atoms with Crippen molar-refractivity contribution in [3.63, 3.8) is 0 Å². The predicted octanol–water partition coefficient (Wildman–Crippen LogP) is 4.82. The Kier molecular flexibility index (Phi) is 3.35. The zero-order chi connectivity index (χ0) is 15.6. The molecule has 0 radical (unpaired) electrons. The summed E-state index contributed by atoms with van der Waals surface area (Å²) < 4.78 is 0. The fourth-order valence-electron chi connectivity index (χ4n) is 3.02. The lowest BCUT2D eigenvalue weighted by Crippen LogP contribution is -1.84. The van der Waals surface area contributed by atoms with Gasteiger partial charge in [0.25, 0.3) is 0 Å². The van der Waals surface area contributed by atoms with Crippen molar-refractivity contribution in [1.29, 1.82) is 0 Å². The summed E-state index contributed by atoms with van der Waals surface area (Å²) in [6, 6.07) is 22.3. The molecule has 0 aromatic heterocycles. The van der Waals surface area contributed by atoms with E-state index in [1.165, 1.54) is 22.3 Å². The maximum absolute atomic E-state index is 10.7. The summed E-state index contributed by atoms with van der Waals surface area (Å²) in [5.74, 6) is 0. The van der Waals surface area contributed by atoms with Crippen LogP contribution in [0.1, 0.15) is 27.0 Å². The number of hydrogen-bond acceptors (Lipinski definition) is 2. The number of nitrogens with zero attached hydrogens (tertiary/aromatic N) is 1. The van der Waals surface area contributed by atoms with Crippen LogP contribution in [-0.2, 0) is 6.42 Å². The van der Waals surface area contributed by atoms with Gasteiger partial charge in [-0.2, -0.15) is 0 Å². The molecule has 23 heavy (non-hydrogen) atoms. The maximum Gasteiger partial charge on any atom is 0.150 e. The Morgan fingerprint density at radius 3 is 2.35 bits per heavy atom. The predicted molar refractivity (Wildman–Crippen MR) is 93.8 cm³/mol. The first kappa shape index (κ1) is 13.6. The van der Waals surface area contributed by atoms with Gasteiger partial charge in [0, 0.05) is 11.8 Å². The molecule has 3 aromatic carbocycles. The van der Waals surface area contributed by atoms with Gasteiger partial charge in [-0.05, 0) is 46.4 Å². The van der Waals surface area contributed by atoms with Crippen LogP contribution in [0.4, 0.5) is 5.69 Å². The minimum Gasteiger partial charge on any atom is -0.298 e. The summed E-state index contributed by atoms with van der Waals surface area (Å²) >= 11 is 0. The number of benzene rings is 3. The number of rotatable bonds is 3. The minimum atomic E-state index is 0.678. The molecule has 0 heterocycles. The SMILES string of the molecule is O=Cc1ccc(C=Nc2ccc3c(c2)Cc2ccccc2-3)cc1. The summed E-state index contributed by atoms with van der Waals surface area (Å²) in [5, 5.41) is 0. The molecule has 0 aliphatic heterocycles. The Morgan fingerprint density at radius 2 is 1.52 bits per heavy atom. The monoisotopic (exact) mass is 297 g/mol. The first-order valence-corrected chi connectivity index (χ1v) is 7.64. The number of carbonyl (C=O) groups is 1. The van der Waals surface area contributed by atoms with Crippen LogP contribution in [0.3, 0.4) is 0 Å². The third-order valence-corrected chi connectivity index (χ3v) is 4.21. The summed E-state index contributed by atoms with van der Waals surface area (Å²) in [7, 11) is 0. The second-order valence-corrected chi connectivity index (χ2v) is 5.72. The standard InChI is InChI=1S/C21H15NO/c23-14-16-7-5-15(6-8-16)13-22-19-9-10-21-18(12-19)11-17-3-1-2-4-20(17)21/h1-10,12-14H,11H2. The maximum atomic E-state index is 10.7. The van der Waals surface area contributed by atoms with E-state index in [-0.39, 0.29) is 0 Å². The van der Waals surface area contributed by atoms with E-state index in [1.54, 1.807) is 12.1 Å². The molecule has 0 atom stereocenters. The molecule has 0 unspecified atom stereocenters. The van der Waals surface area contributed by atoms with Crippen LogP contribution in [0.2, 0.25) is 0 Å². The molecule has 1 aliphatic carbocycles. The molecule has 0 saturated carbocycles. The third-order valence-electron chi connectivity index (χ3n) is 4.21. The second-order valence-electron chi connectivity index (χ2n) is 5.72. The van der Waals surface area contributed by atoms with E-state index in [9.17, 15) is 4.79 Å². The summed E-state index contributed by atoms with van der Waals surface area (Å²) in [6.07, 6.45) is 3.65. The third kappa shape index (κ3) is 2.59. The van der Waals surface area contributed by atoms with Crippen LogP contribution in [-0.4, -0.2) is 12.5 Å². The van der Waals surface area contributed by atoms with E-state index in [4.69, 9.17) is 0 Å². The van der Waals surface area contributed by atoms with Gasteiger partial charge in [0.2, 0.25) is 0 Å². The van der Waals surface area contributed by atoms with Crippen molar-refractivity contribution in [2.45, 2.75) is 6.42 Å². The molecule has 4 rings (SSSR count). The van der Waals surface area contributed by atoms with Gasteiger partial charge in [0.15, 0.2) is 0 Å². The summed E-state index contributed by atoms with van der Waals surface area (Å²) in [6.45, 7) is 0. The Bertz CT molecular complexity index is 907. The normalized spacial score (nSPS) is 12.2. The van der Waals surface area contributed by atoms with Gasteiger partial charge in [0.1, 0.15) is 6.29 Å². The van der Waals surface area contributed by atoms with E-state index in [2.05, 4.69) is 47.5 Å². The molecule has 0 amide bonds. The lowest BCUT2D eigenvalue weighted by Gasteiger charge is -2.01. The van der Waals surface area contributed by atoms with Gasteiger partial charge in [-0.1, -0.05) is 54.6 Å². The van der Waals surface area contributed by atoms with Crippen molar-refractivity contribution < 1.29 is 4.79 Å². The van der Waals surface area contributed by atoms with Crippen molar-refractivity contribution in [3.8, 4) is 11.1 Å². The molecular weight excluding hydrogens is 282 g/mol. The Balaban J connectivity index is 1.60. The molecule has 110 valence electrons. The Hall–Kier alpha value is -3.00. The zero-order valence-electron chi connectivity index (χ0n) is 12.6. The highest BCUT2D eigenvalue weighted by molar-refractivity contribution is 5.85. The lowest BCUT2D eigenvalue weighted by atomic mass is 10.1. The van der Waals surface area contributed by atoms with Crippen LogP contribution in [0.25, 0.3) is 11.1 Å². The number of hydrogen-bond donors (Lipinski definition) is 0.